The molecule has 0 bridgehead atoms. The summed E-state index contributed by atoms with van der Waals surface area (Å²) in [5, 5.41) is 0.485. The molecule has 0 fully saturated rings. The second kappa shape index (κ2) is 4.89. The molecule has 0 aliphatic heterocycles. The highest BCUT2D eigenvalue weighted by atomic mass is 32.1. The molecule has 0 aliphatic rings. The Balaban J connectivity index is 2.52. The Hall–Kier alpha value is -1.33. The zero-order chi connectivity index (χ0) is 12.4. The number of rotatable bonds is 3. The van der Waals surface area contributed by atoms with Gasteiger partial charge in [0.2, 0.25) is 0 Å². The van der Waals surface area contributed by atoms with E-state index in [1.807, 2.05) is 6.92 Å². The molecule has 1 heterocycles. The number of halogens is 2. The van der Waals surface area contributed by atoms with Crippen molar-refractivity contribution < 1.29 is 8.78 Å². The van der Waals surface area contributed by atoms with Gasteiger partial charge >= 0.3 is 0 Å². The minimum atomic E-state index is -0.469. The first-order valence-corrected chi connectivity index (χ1v) is 6.11. The first-order valence-electron chi connectivity index (χ1n) is 5.29. The molecule has 0 unspecified atom stereocenters. The van der Waals surface area contributed by atoms with Crippen LogP contribution in [0.5, 0.6) is 0 Å². The summed E-state index contributed by atoms with van der Waals surface area (Å²) in [5.41, 5.74) is 6.64. The van der Waals surface area contributed by atoms with Crippen molar-refractivity contribution >= 4 is 11.3 Å². The van der Waals surface area contributed by atoms with Crippen molar-refractivity contribution in [3.63, 3.8) is 0 Å². The van der Waals surface area contributed by atoms with Gasteiger partial charge in [-0.3, -0.25) is 0 Å². The number of nitrogens with two attached hydrogens (primary N) is 1. The zero-order valence-corrected chi connectivity index (χ0v) is 10.2. The first kappa shape index (κ1) is 12.1. The Labute approximate surface area is 102 Å². The van der Waals surface area contributed by atoms with Gasteiger partial charge in [0.25, 0.3) is 0 Å². The molecule has 2 N–H and O–H groups in total. The lowest BCUT2D eigenvalue weighted by molar-refractivity contribution is 0.603. The minimum absolute atomic E-state index is 0.199. The van der Waals surface area contributed by atoms with Crippen LogP contribution in [0.4, 0.5) is 8.78 Å². The average molecular weight is 254 g/mol. The van der Waals surface area contributed by atoms with Crippen LogP contribution in [-0.2, 0) is 13.0 Å². The Morgan fingerprint density at radius 1 is 1.35 bits per heavy atom. The molecule has 0 saturated heterocycles. The Kier molecular flexibility index (Phi) is 3.49. The number of hydrogen-bond donors (Lipinski definition) is 1. The van der Waals surface area contributed by atoms with Gasteiger partial charge in [-0.2, -0.15) is 0 Å². The van der Waals surface area contributed by atoms with E-state index in [-0.39, 0.29) is 5.56 Å². The van der Waals surface area contributed by atoms with Gasteiger partial charge in [0.1, 0.15) is 16.6 Å². The van der Waals surface area contributed by atoms with Gasteiger partial charge in [0.05, 0.1) is 5.69 Å². The van der Waals surface area contributed by atoms with Gasteiger partial charge in [0.15, 0.2) is 0 Å². The summed E-state index contributed by atoms with van der Waals surface area (Å²) in [5.74, 6) is -0.935. The average Bonchev–Trinajstić information content (AvgIpc) is 2.75. The van der Waals surface area contributed by atoms with E-state index < -0.39 is 11.6 Å². The molecule has 1 aromatic carbocycles. The van der Waals surface area contributed by atoms with E-state index in [0.29, 0.717) is 11.6 Å². The van der Waals surface area contributed by atoms with E-state index in [9.17, 15) is 8.78 Å². The highest BCUT2D eigenvalue weighted by Crippen LogP contribution is 2.30. The second-order valence-electron chi connectivity index (χ2n) is 3.57. The molecule has 0 spiro atoms. The van der Waals surface area contributed by atoms with Crippen LogP contribution in [0.15, 0.2) is 18.2 Å². The van der Waals surface area contributed by atoms with E-state index in [0.717, 1.165) is 35.2 Å². The summed E-state index contributed by atoms with van der Waals surface area (Å²) >= 11 is 1.32. The molecule has 0 saturated carbocycles. The van der Waals surface area contributed by atoms with Crippen molar-refractivity contribution in [3.05, 3.63) is 40.4 Å². The van der Waals surface area contributed by atoms with Crippen molar-refractivity contribution in [2.45, 2.75) is 19.9 Å². The van der Waals surface area contributed by atoms with Crippen LogP contribution in [0.3, 0.4) is 0 Å². The lowest BCUT2D eigenvalue weighted by atomic mass is 10.2. The molecule has 5 heteroatoms. The molecule has 0 amide bonds. The van der Waals surface area contributed by atoms with Crippen LogP contribution in [0.1, 0.15) is 17.5 Å². The molecule has 90 valence electrons. The van der Waals surface area contributed by atoms with Gasteiger partial charge in [-0.05, 0) is 24.6 Å². The largest absolute Gasteiger partial charge is 0.326 e. The smallest absolute Gasteiger partial charge is 0.133 e. The van der Waals surface area contributed by atoms with Crippen LogP contribution in [-0.4, -0.2) is 4.98 Å². The van der Waals surface area contributed by atoms with Gasteiger partial charge in [0, 0.05) is 17.0 Å². The summed E-state index contributed by atoms with van der Waals surface area (Å²) in [7, 11) is 0. The highest BCUT2D eigenvalue weighted by Gasteiger charge is 2.14. The topological polar surface area (TPSA) is 38.9 Å². The predicted molar refractivity (Wildman–Crippen MR) is 64.7 cm³/mol. The maximum atomic E-state index is 13.6. The molecular formula is C12H12F2N2S. The molecule has 17 heavy (non-hydrogen) atoms. The fourth-order valence-corrected chi connectivity index (χ4v) is 2.64. The lowest BCUT2D eigenvalue weighted by Crippen LogP contribution is -1.96. The summed E-state index contributed by atoms with van der Waals surface area (Å²) in [4.78, 5) is 5.23. The van der Waals surface area contributed by atoms with Gasteiger partial charge in [-0.25, -0.2) is 13.8 Å². The SMILES string of the molecule is CCc1nc(-c2cc(F)ccc2F)sc1CN. The molecule has 0 aliphatic carbocycles. The number of benzene rings is 1. The molecule has 0 radical (unpaired) electrons. The maximum Gasteiger partial charge on any atom is 0.133 e. The summed E-state index contributed by atoms with van der Waals surface area (Å²) in [6.45, 7) is 2.33. The first-order chi connectivity index (χ1) is 8.15. The van der Waals surface area contributed by atoms with E-state index in [2.05, 4.69) is 4.98 Å². The quantitative estimate of drug-likeness (QED) is 0.914. The summed E-state index contributed by atoms with van der Waals surface area (Å²) in [6, 6.07) is 3.37. The molecule has 2 rings (SSSR count). The van der Waals surface area contributed by atoms with Crippen LogP contribution in [0, 0.1) is 11.6 Å². The summed E-state index contributed by atoms with van der Waals surface area (Å²) in [6.07, 6.45) is 0.736. The minimum Gasteiger partial charge on any atom is -0.326 e. The Bertz CT molecular complexity index is 516. The van der Waals surface area contributed by atoms with E-state index >= 15 is 0 Å². The third-order valence-electron chi connectivity index (χ3n) is 2.46. The van der Waals surface area contributed by atoms with Crippen LogP contribution < -0.4 is 5.73 Å². The number of aryl methyl sites for hydroxylation is 1. The molecule has 1 aromatic heterocycles. The molecule has 0 atom stereocenters. The Morgan fingerprint density at radius 3 is 2.71 bits per heavy atom. The van der Waals surface area contributed by atoms with E-state index in [1.165, 1.54) is 11.3 Å². The monoisotopic (exact) mass is 254 g/mol. The van der Waals surface area contributed by atoms with Crippen molar-refractivity contribution in [2.75, 3.05) is 0 Å². The number of hydrogen-bond acceptors (Lipinski definition) is 3. The van der Waals surface area contributed by atoms with Gasteiger partial charge in [-0.1, -0.05) is 6.92 Å². The van der Waals surface area contributed by atoms with Gasteiger partial charge in [-0.15, -0.1) is 11.3 Å². The Morgan fingerprint density at radius 2 is 2.12 bits per heavy atom. The van der Waals surface area contributed by atoms with Crippen molar-refractivity contribution in [3.8, 4) is 10.6 Å². The maximum absolute atomic E-state index is 13.6. The van der Waals surface area contributed by atoms with E-state index in [1.54, 1.807) is 0 Å². The standard InChI is InChI=1S/C12H12F2N2S/c1-2-10-11(6-15)17-12(16-10)8-5-7(13)3-4-9(8)14/h3-5H,2,6,15H2,1H3. The molecule has 2 nitrogen and oxygen atoms in total. The third-order valence-corrected chi connectivity index (χ3v) is 3.61. The normalized spacial score (nSPS) is 10.8. The molecule has 2 aromatic rings. The van der Waals surface area contributed by atoms with Gasteiger partial charge < -0.3 is 5.73 Å². The third kappa shape index (κ3) is 2.35. The zero-order valence-electron chi connectivity index (χ0n) is 9.34. The van der Waals surface area contributed by atoms with Crippen molar-refractivity contribution in [1.82, 2.24) is 4.98 Å². The van der Waals surface area contributed by atoms with Crippen LogP contribution in [0.25, 0.3) is 10.6 Å². The van der Waals surface area contributed by atoms with Crippen LogP contribution >= 0.6 is 11.3 Å². The lowest BCUT2D eigenvalue weighted by Gasteiger charge is -1.98. The second-order valence-corrected chi connectivity index (χ2v) is 4.65. The number of nitrogens with zero attached hydrogens (tertiary/aromatic N) is 1. The van der Waals surface area contributed by atoms with Crippen LogP contribution in [0.2, 0.25) is 0 Å². The molecular weight excluding hydrogens is 242 g/mol. The van der Waals surface area contributed by atoms with Crippen molar-refractivity contribution in [1.29, 1.82) is 0 Å². The number of thiazole rings is 1. The van der Waals surface area contributed by atoms with E-state index in [4.69, 9.17) is 5.73 Å². The highest BCUT2D eigenvalue weighted by molar-refractivity contribution is 7.15. The summed E-state index contributed by atoms with van der Waals surface area (Å²) < 4.78 is 26.7. The van der Waals surface area contributed by atoms with Crippen molar-refractivity contribution in [2.24, 2.45) is 5.73 Å². The fraction of sp³-hybridized carbons (Fsp3) is 0.250. The fourth-order valence-electron chi connectivity index (χ4n) is 1.60. The number of aromatic nitrogens is 1. The predicted octanol–water partition coefficient (Wildman–Crippen LogP) is 3.11.